The SMILES string of the molecule is Cc1ccc(OC(=O)C2c3ccccc3N(CC(=O)OS(=O)(=O)C(F)(F)F)c3ccccc32)cc1. The Balaban J connectivity index is 1.70. The normalized spacial score (nSPS) is 13.5. The van der Waals surface area contributed by atoms with Gasteiger partial charge in [0.25, 0.3) is 0 Å². The Morgan fingerprint density at radius 2 is 1.40 bits per heavy atom. The Morgan fingerprint density at radius 1 is 0.886 bits per heavy atom. The molecule has 0 saturated carbocycles. The van der Waals surface area contributed by atoms with Gasteiger partial charge in [0.2, 0.25) is 0 Å². The number of fused-ring (bicyclic) bond motifs is 2. The van der Waals surface area contributed by atoms with Gasteiger partial charge in [-0.15, -0.1) is 0 Å². The van der Waals surface area contributed by atoms with E-state index in [1.807, 2.05) is 6.92 Å². The summed E-state index contributed by atoms with van der Waals surface area (Å²) in [6, 6.07) is 19.8. The molecule has 0 amide bonds. The summed E-state index contributed by atoms with van der Waals surface area (Å²) in [5.41, 5.74) is -3.28. The molecule has 4 rings (SSSR count). The summed E-state index contributed by atoms with van der Waals surface area (Å²) in [6.45, 7) is 1.04. The van der Waals surface area contributed by atoms with E-state index in [1.54, 1.807) is 72.8 Å². The van der Waals surface area contributed by atoms with Crippen LogP contribution in [0.1, 0.15) is 22.6 Å². The van der Waals surface area contributed by atoms with Crippen LogP contribution >= 0.6 is 0 Å². The van der Waals surface area contributed by atoms with E-state index in [2.05, 4.69) is 4.18 Å². The summed E-state index contributed by atoms with van der Waals surface area (Å²) in [4.78, 5) is 26.8. The fourth-order valence-electron chi connectivity index (χ4n) is 3.78. The number of hydrogen-bond acceptors (Lipinski definition) is 7. The highest BCUT2D eigenvalue weighted by atomic mass is 32.2. The van der Waals surface area contributed by atoms with Gasteiger partial charge < -0.3 is 13.8 Å². The van der Waals surface area contributed by atoms with Crippen LogP contribution in [0.3, 0.4) is 0 Å². The maximum atomic E-state index is 13.3. The molecule has 0 unspecified atom stereocenters. The Hall–Kier alpha value is -3.86. The zero-order chi connectivity index (χ0) is 25.4. The number of rotatable bonds is 5. The minimum Gasteiger partial charge on any atom is -0.426 e. The van der Waals surface area contributed by atoms with Gasteiger partial charge in [-0.2, -0.15) is 21.6 Å². The molecule has 0 atom stereocenters. The molecule has 3 aromatic rings. The van der Waals surface area contributed by atoms with Crippen LogP contribution in [0.5, 0.6) is 5.75 Å². The fourth-order valence-corrected chi connectivity index (χ4v) is 4.17. The maximum Gasteiger partial charge on any atom is 0.534 e. The van der Waals surface area contributed by atoms with Crippen LogP contribution in [-0.4, -0.2) is 32.4 Å². The first-order chi connectivity index (χ1) is 16.5. The number of para-hydroxylation sites is 2. The monoisotopic (exact) mass is 505 g/mol. The molecule has 0 spiro atoms. The predicted octanol–water partition coefficient (Wildman–Crippen LogP) is 4.58. The average molecular weight is 505 g/mol. The number of carbonyl (C=O) groups is 2. The van der Waals surface area contributed by atoms with Crippen LogP contribution in [0.25, 0.3) is 0 Å². The lowest BCUT2D eigenvalue weighted by Gasteiger charge is -2.36. The zero-order valence-electron chi connectivity index (χ0n) is 18.2. The summed E-state index contributed by atoms with van der Waals surface area (Å²) in [7, 11) is -6.11. The second kappa shape index (κ2) is 9.06. The molecule has 0 aromatic heterocycles. The average Bonchev–Trinajstić information content (AvgIpc) is 2.79. The van der Waals surface area contributed by atoms with Crippen LogP contribution in [0, 0.1) is 6.92 Å². The van der Waals surface area contributed by atoms with E-state index in [0.29, 0.717) is 28.3 Å². The third-order valence-electron chi connectivity index (χ3n) is 5.33. The Kier molecular flexibility index (Phi) is 6.28. The third-order valence-corrected chi connectivity index (χ3v) is 6.30. The van der Waals surface area contributed by atoms with Crippen LogP contribution in [0.2, 0.25) is 0 Å². The highest BCUT2D eigenvalue weighted by Gasteiger charge is 2.50. The van der Waals surface area contributed by atoms with E-state index in [9.17, 15) is 31.2 Å². The molecule has 0 radical (unpaired) electrons. The number of carbonyl (C=O) groups excluding carboxylic acids is 2. The molecule has 1 heterocycles. The van der Waals surface area contributed by atoms with Gasteiger partial charge in [-0.3, -0.25) is 4.79 Å². The Labute approximate surface area is 198 Å². The van der Waals surface area contributed by atoms with Gasteiger partial charge in [-0.05, 0) is 42.3 Å². The summed E-state index contributed by atoms with van der Waals surface area (Å²) in [5.74, 6) is -2.81. The lowest BCUT2D eigenvalue weighted by Crippen LogP contribution is -2.36. The van der Waals surface area contributed by atoms with Gasteiger partial charge >= 0.3 is 27.6 Å². The molecule has 1 aliphatic rings. The van der Waals surface area contributed by atoms with Crippen molar-refractivity contribution in [2.45, 2.75) is 18.3 Å². The van der Waals surface area contributed by atoms with E-state index < -0.39 is 40.0 Å². The molecule has 0 aliphatic carbocycles. The first-order valence-corrected chi connectivity index (χ1v) is 11.7. The molecule has 0 N–H and O–H groups in total. The number of nitrogens with zero attached hydrogens (tertiary/aromatic N) is 1. The fraction of sp³-hybridized carbons (Fsp3) is 0.167. The number of halogens is 3. The lowest BCUT2D eigenvalue weighted by molar-refractivity contribution is -0.135. The zero-order valence-corrected chi connectivity index (χ0v) is 19.0. The van der Waals surface area contributed by atoms with Crippen molar-refractivity contribution in [3.8, 4) is 5.75 Å². The summed E-state index contributed by atoms with van der Waals surface area (Å²) >= 11 is 0. The van der Waals surface area contributed by atoms with Gasteiger partial charge in [-0.1, -0.05) is 54.1 Å². The van der Waals surface area contributed by atoms with Crippen molar-refractivity contribution in [1.82, 2.24) is 0 Å². The molecule has 0 saturated heterocycles. The highest BCUT2D eigenvalue weighted by Crippen LogP contribution is 2.46. The van der Waals surface area contributed by atoms with Crippen molar-refractivity contribution < 1.29 is 40.1 Å². The van der Waals surface area contributed by atoms with Crippen molar-refractivity contribution in [2.75, 3.05) is 11.4 Å². The molecule has 11 heteroatoms. The third kappa shape index (κ3) is 4.85. The molecule has 35 heavy (non-hydrogen) atoms. The quantitative estimate of drug-likeness (QED) is 0.217. The van der Waals surface area contributed by atoms with Gasteiger partial charge in [-0.25, -0.2) is 4.79 Å². The van der Waals surface area contributed by atoms with E-state index in [1.165, 1.54) is 4.90 Å². The molecule has 182 valence electrons. The first kappa shape index (κ1) is 24.3. The first-order valence-electron chi connectivity index (χ1n) is 10.3. The van der Waals surface area contributed by atoms with E-state index >= 15 is 0 Å². The summed E-state index contributed by atoms with van der Waals surface area (Å²) in [5, 5.41) is 0. The summed E-state index contributed by atoms with van der Waals surface area (Å²) < 4.78 is 69.9. The molecule has 0 fully saturated rings. The van der Waals surface area contributed by atoms with E-state index in [0.717, 1.165) is 5.56 Å². The van der Waals surface area contributed by atoms with Crippen LogP contribution in [-0.2, 0) is 23.9 Å². The van der Waals surface area contributed by atoms with E-state index in [4.69, 9.17) is 4.74 Å². The minimum atomic E-state index is -6.11. The predicted molar refractivity (Wildman–Crippen MR) is 120 cm³/mol. The number of benzene rings is 3. The smallest absolute Gasteiger partial charge is 0.426 e. The largest absolute Gasteiger partial charge is 0.534 e. The lowest BCUT2D eigenvalue weighted by atomic mass is 9.85. The van der Waals surface area contributed by atoms with Crippen LogP contribution < -0.4 is 9.64 Å². The second-order valence-electron chi connectivity index (χ2n) is 7.73. The molecular weight excluding hydrogens is 487 g/mol. The van der Waals surface area contributed by atoms with Crippen molar-refractivity contribution in [2.24, 2.45) is 0 Å². The maximum absolute atomic E-state index is 13.3. The number of aryl methyl sites for hydroxylation is 1. The van der Waals surface area contributed by atoms with Gasteiger partial charge in [0.15, 0.2) is 0 Å². The van der Waals surface area contributed by atoms with Crippen LogP contribution in [0.4, 0.5) is 24.5 Å². The minimum absolute atomic E-state index is 0.318. The highest BCUT2D eigenvalue weighted by molar-refractivity contribution is 7.88. The van der Waals surface area contributed by atoms with Crippen molar-refractivity contribution in [3.05, 3.63) is 89.5 Å². The number of anilines is 2. The topological polar surface area (TPSA) is 90.0 Å². The number of esters is 1. The second-order valence-corrected chi connectivity index (χ2v) is 9.26. The number of hydrogen-bond donors (Lipinski definition) is 0. The number of alkyl halides is 3. The Bertz CT molecular complexity index is 1340. The van der Waals surface area contributed by atoms with Crippen molar-refractivity contribution in [3.63, 3.8) is 0 Å². The number of ether oxygens (including phenoxy) is 1. The van der Waals surface area contributed by atoms with Gasteiger partial charge in [0.1, 0.15) is 18.2 Å². The molecular formula is C24H18F3NO6S. The van der Waals surface area contributed by atoms with Gasteiger partial charge in [0.05, 0.1) is 0 Å². The standard InChI is InChI=1S/C24H18F3NO6S/c1-15-10-12-16(13-11-15)33-23(30)22-17-6-2-4-8-19(17)28(20-9-5-3-7-18(20)22)14-21(29)34-35(31,32)24(25,26)27/h2-13,22H,14H2,1H3. The molecule has 3 aromatic carbocycles. The van der Waals surface area contributed by atoms with E-state index in [-0.39, 0.29) is 0 Å². The molecule has 0 bridgehead atoms. The van der Waals surface area contributed by atoms with Gasteiger partial charge in [0, 0.05) is 11.4 Å². The van der Waals surface area contributed by atoms with Crippen molar-refractivity contribution >= 4 is 33.4 Å². The van der Waals surface area contributed by atoms with Crippen LogP contribution in [0.15, 0.2) is 72.8 Å². The summed E-state index contributed by atoms with van der Waals surface area (Å²) in [6.07, 6.45) is 0. The molecule has 7 nitrogen and oxygen atoms in total. The molecule has 1 aliphatic heterocycles. The Morgan fingerprint density at radius 3 is 1.91 bits per heavy atom. The van der Waals surface area contributed by atoms with Crippen molar-refractivity contribution in [1.29, 1.82) is 0 Å².